The van der Waals surface area contributed by atoms with Crippen molar-refractivity contribution in [2.45, 2.75) is 6.92 Å². The Morgan fingerprint density at radius 3 is 2.15 bits per heavy atom. The van der Waals surface area contributed by atoms with Crippen molar-refractivity contribution in [3.63, 3.8) is 0 Å². The second kappa shape index (κ2) is 6.11. The zero-order valence-corrected chi connectivity index (χ0v) is 8.29. The second-order valence-electron chi connectivity index (χ2n) is 2.20. The summed E-state index contributed by atoms with van der Waals surface area (Å²) in [6.07, 6.45) is 2.87. The van der Waals surface area contributed by atoms with Gasteiger partial charge < -0.3 is 14.2 Å². The lowest BCUT2D eigenvalue weighted by Gasteiger charge is -2.04. The highest BCUT2D eigenvalue weighted by Crippen LogP contribution is 2.08. The van der Waals surface area contributed by atoms with E-state index in [2.05, 4.69) is 9.47 Å². The van der Waals surface area contributed by atoms with Crippen molar-refractivity contribution in [1.29, 1.82) is 0 Å². The summed E-state index contributed by atoms with van der Waals surface area (Å²) in [5.74, 6) is 0.0350. The van der Waals surface area contributed by atoms with Gasteiger partial charge in [0.15, 0.2) is 0 Å². The van der Waals surface area contributed by atoms with E-state index in [0.29, 0.717) is 11.3 Å². The monoisotopic (exact) mass is 186 g/mol. The third-order valence-corrected chi connectivity index (χ3v) is 1.46. The fourth-order valence-corrected chi connectivity index (χ4v) is 0.685. The standard InChI is InChI=1S/C9H14O4/c1-7(12-3)8(5-6-11-2)9(10)13-4/h5-6H,1-4H3/b6-5-,8-7+. The molecule has 0 aliphatic carbocycles. The maximum atomic E-state index is 11.2. The number of rotatable bonds is 4. The normalized spacial score (nSPS) is 12.3. The van der Waals surface area contributed by atoms with E-state index < -0.39 is 5.97 Å². The van der Waals surface area contributed by atoms with Crippen LogP contribution in [0.2, 0.25) is 0 Å². The molecule has 0 bridgehead atoms. The van der Waals surface area contributed by atoms with E-state index in [4.69, 9.17) is 4.74 Å². The zero-order valence-electron chi connectivity index (χ0n) is 8.29. The average Bonchev–Trinajstić information content (AvgIpc) is 2.17. The Labute approximate surface area is 77.8 Å². The van der Waals surface area contributed by atoms with E-state index in [1.807, 2.05) is 0 Å². The van der Waals surface area contributed by atoms with Crippen molar-refractivity contribution < 1.29 is 19.0 Å². The molecule has 4 heteroatoms. The van der Waals surface area contributed by atoms with E-state index in [0.717, 1.165) is 0 Å². The fraction of sp³-hybridized carbons (Fsp3) is 0.444. The van der Waals surface area contributed by atoms with E-state index in [1.165, 1.54) is 33.7 Å². The summed E-state index contributed by atoms with van der Waals surface area (Å²) in [6, 6.07) is 0. The predicted octanol–water partition coefficient (Wildman–Crippen LogP) is 1.24. The number of esters is 1. The van der Waals surface area contributed by atoms with Gasteiger partial charge >= 0.3 is 5.97 Å². The summed E-state index contributed by atoms with van der Waals surface area (Å²) in [4.78, 5) is 11.2. The van der Waals surface area contributed by atoms with Crippen LogP contribution in [-0.4, -0.2) is 27.3 Å². The summed E-state index contributed by atoms with van der Waals surface area (Å²) < 4.78 is 14.1. The van der Waals surface area contributed by atoms with Crippen molar-refractivity contribution in [3.05, 3.63) is 23.7 Å². The van der Waals surface area contributed by atoms with E-state index >= 15 is 0 Å². The van der Waals surface area contributed by atoms with Crippen molar-refractivity contribution in [2.75, 3.05) is 21.3 Å². The summed E-state index contributed by atoms with van der Waals surface area (Å²) in [6.45, 7) is 1.67. The molecule has 0 amide bonds. The molecule has 0 fully saturated rings. The Hall–Kier alpha value is -1.45. The number of ether oxygens (including phenoxy) is 3. The number of methoxy groups -OCH3 is 3. The Morgan fingerprint density at radius 2 is 1.77 bits per heavy atom. The third kappa shape index (κ3) is 3.64. The number of hydrogen-bond donors (Lipinski definition) is 0. The van der Waals surface area contributed by atoms with Gasteiger partial charge in [-0.1, -0.05) is 0 Å². The van der Waals surface area contributed by atoms with E-state index in [1.54, 1.807) is 6.92 Å². The largest absolute Gasteiger partial charge is 0.504 e. The quantitative estimate of drug-likeness (QED) is 0.287. The molecule has 0 aromatic carbocycles. The Balaban J connectivity index is 4.75. The molecule has 13 heavy (non-hydrogen) atoms. The first-order valence-corrected chi connectivity index (χ1v) is 3.69. The lowest BCUT2D eigenvalue weighted by molar-refractivity contribution is -0.135. The predicted molar refractivity (Wildman–Crippen MR) is 47.9 cm³/mol. The molecular formula is C9H14O4. The van der Waals surface area contributed by atoms with Crippen LogP contribution < -0.4 is 0 Å². The summed E-state index contributed by atoms with van der Waals surface area (Å²) >= 11 is 0. The first kappa shape index (κ1) is 11.6. The second-order valence-corrected chi connectivity index (χ2v) is 2.20. The lowest BCUT2D eigenvalue weighted by atomic mass is 10.2. The van der Waals surface area contributed by atoms with Gasteiger partial charge in [0.05, 0.1) is 33.2 Å². The summed E-state index contributed by atoms with van der Waals surface area (Å²) in [5, 5.41) is 0. The van der Waals surface area contributed by atoms with Gasteiger partial charge in [0, 0.05) is 0 Å². The van der Waals surface area contributed by atoms with Gasteiger partial charge in [0.2, 0.25) is 0 Å². The highest BCUT2D eigenvalue weighted by Gasteiger charge is 2.10. The topological polar surface area (TPSA) is 44.8 Å². The van der Waals surface area contributed by atoms with Gasteiger partial charge in [0.1, 0.15) is 5.76 Å². The Morgan fingerprint density at radius 1 is 1.15 bits per heavy atom. The van der Waals surface area contributed by atoms with Crippen LogP contribution in [0.25, 0.3) is 0 Å². The minimum atomic E-state index is -0.451. The highest BCUT2D eigenvalue weighted by atomic mass is 16.5. The molecule has 0 heterocycles. The van der Waals surface area contributed by atoms with Gasteiger partial charge in [-0.15, -0.1) is 0 Å². The van der Waals surface area contributed by atoms with Gasteiger partial charge in [-0.25, -0.2) is 4.79 Å². The van der Waals surface area contributed by atoms with Gasteiger partial charge in [0.25, 0.3) is 0 Å². The van der Waals surface area contributed by atoms with Crippen LogP contribution in [0.1, 0.15) is 6.92 Å². The fourth-order valence-electron chi connectivity index (χ4n) is 0.685. The molecule has 0 saturated carbocycles. The average molecular weight is 186 g/mol. The lowest BCUT2D eigenvalue weighted by Crippen LogP contribution is -2.06. The molecule has 0 N–H and O–H groups in total. The molecule has 4 nitrogen and oxygen atoms in total. The van der Waals surface area contributed by atoms with Crippen LogP contribution in [-0.2, 0) is 19.0 Å². The summed E-state index contributed by atoms with van der Waals surface area (Å²) in [5.41, 5.74) is 0.340. The number of carbonyl (C=O) groups excluding carboxylic acids is 1. The Bertz CT molecular complexity index is 228. The van der Waals surface area contributed by atoms with Gasteiger partial charge in [-0.05, 0) is 13.0 Å². The zero-order chi connectivity index (χ0) is 10.3. The maximum absolute atomic E-state index is 11.2. The molecule has 0 rings (SSSR count). The van der Waals surface area contributed by atoms with Crippen molar-refractivity contribution in [2.24, 2.45) is 0 Å². The van der Waals surface area contributed by atoms with Crippen LogP contribution in [0.15, 0.2) is 23.7 Å². The SMILES string of the molecule is CO/C=C\C(C(=O)OC)=C(\C)OC. The molecule has 0 aromatic rings. The van der Waals surface area contributed by atoms with Crippen molar-refractivity contribution >= 4 is 5.97 Å². The molecule has 0 spiro atoms. The summed E-state index contributed by atoms with van der Waals surface area (Å²) in [7, 11) is 4.29. The van der Waals surface area contributed by atoms with Crippen LogP contribution in [0.3, 0.4) is 0 Å². The highest BCUT2D eigenvalue weighted by molar-refractivity contribution is 5.91. The van der Waals surface area contributed by atoms with Crippen LogP contribution in [0.4, 0.5) is 0 Å². The molecule has 0 unspecified atom stereocenters. The molecule has 0 aromatic heterocycles. The van der Waals surface area contributed by atoms with Crippen LogP contribution >= 0.6 is 0 Å². The minimum absolute atomic E-state index is 0.340. The number of carbonyl (C=O) groups is 1. The molecule has 0 aliphatic heterocycles. The molecule has 0 radical (unpaired) electrons. The molecule has 74 valence electrons. The molecule has 0 atom stereocenters. The minimum Gasteiger partial charge on any atom is -0.504 e. The first-order chi connectivity index (χ1) is 6.17. The van der Waals surface area contributed by atoms with Crippen LogP contribution in [0.5, 0.6) is 0 Å². The van der Waals surface area contributed by atoms with Crippen molar-refractivity contribution in [1.82, 2.24) is 0 Å². The maximum Gasteiger partial charge on any atom is 0.341 e. The Kier molecular flexibility index (Phi) is 5.43. The first-order valence-electron chi connectivity index (χ1n) is 3.69. The van der Waals surface area contributed by atoms with Crippen molar-refractivity contribution in [3.8, 4) is 0 Å². The third-order valence-electron chi connectivity index (χ3n) is 1.46. The number of hydrogen-bond acceptors (Lipinski definition) is 4. The number of allylic oxidation sites excluding steroid dienone is 1. The smallest absolute Gasteiger partial charge is 0.341 e. The molecule has 0 saturated heterocycles. The molecular weight excluding hydrogens is 172 g/mol. The van der Waals surface area contributed by atoms with Gasteiger partial charge in [-0.2, -0.15) is 0 Å². The molecule has 0 aliphatic rings. The van der Waals surface area contributed by atoms with Crippen LogP contribution in [0, 0.1) is 0 Å². The van der Waals surface area contributed by atoms with Gasteiger partial charge in [-0.3, -0.25) is 0 Å². The van der Waals surface area contributed by atoms with E-state index in [9.17, 15) is 4.79 Å². The van der Waals surface area contributed by atoms with E-state index in [-0.39, 0.29) is 0 Å².